The maximum atomic E-state index is 11.5. The Labute approximate surface area is 116 Å². The second-order valence-corrected chi connectivity index (χ2v) is 4.94. The molecule has 20 heavy (non-hydrogen) atoms. The molecule has 0 spiro atoms. The van der Waals surface area contributed by atoms with Crippen molar-refractivity contribution in [3.05, 3.63) is 40.9 Å². The number of pyridine rings is 2. The van der Waals surface area contributed by atoms with Crippen LogP contribution in [0.2, 0.25) is 0 Å². The molecule has 0 radical (unpaired) electrons. The molecule has 4 heterocycles. The number of hydrogen-bond acceptors (Lipinski definition) is 3. The smallest absolute Gasteiger partial charge is 0.190 e. The van der Waals surface area contributed by atoms with E-state index in [2.05, 4.69) is 20.3 Å². The lowest BCUT2D eigenvalue weighted by atomic mass is 10.2. The van der Waals surface area contributed by atoms with Crippen LogP contribution >= 0.6 is 0 Å². The number of H-pyrrole nitrogens is 2. The first kappa shape index (κ1) is 12.9. The molecule has 1 aliphatic heterocycles. The monoisotopic (exact) mass is 270 g/mol. The van der Waals surface area contributed by atoms with E-state index in [-0.39, 0.29) is 5.43 Å². The largest absolute Gasteiger partial charge is 0.360 e. The average Bonchev–Trinajstić information content (AvgIpc) is 2.99. The lowest BCUT2D eigenvalue weighted by molar-refractivity contribution is 0.520. The van der Waals surface area contributed by atoms with Crippen molar-refractivity contribution in [1.82, 2.24) is 20.3 Å². The zero-order valence-corrected chi connectivity index (χ0v) is 11.3. The SMILES string of the molecule is C1CCNCC1.O=c1cc[nH]c2c1cnc1[nH]ccc12. The molecule has 1 aliphatic rings. The molecule has 5 nitrogen and oxygen atoms in total. The third-order valence-corrected chi connectivity index (χ3v) is 3.52. The summed E-state index contributed by atoms with van der Waals surface area (Å²) < 4.78 is 0. The van der Waals surface area contributed by atoms with Gasteiger partial charge >= 0.3 is 0 Å². The number of fused-ring (bicyclic) bond motifs is 3. The third-order valence-electron chi connectivity index (χ3n) is 3.52. The summed E-state index contributed by atoms with van der Waals surface area (Å²) in [5, 5.41) is 4.85. The Morgan fingerprint density at radius 3 is 2.45 bits per heavy atom. The molecule has 0 unspecified atom stereocenters. The van der Waals surface area contributed by atoms with Gasteiger partial charge in [-0.05, 0) is 32.0 Å². The minimum absolute atomic E-state index is 0.00523. The summed E-state index contributed by atoms with van der Waals surface area (Å²) in [4.78, 5) is 21.7. The topological polar surface area (TPSA) is 73.6 Å². The van der Waals surface area contributed by atoms with Gasteiger partial charge in [0.15, 0.2) is 5.43 Å². The van der Waals surface area contributed by atoms with E-state index in [1.807, 2.05) is 12.3 Å². The van der Waals surface area contributed by atoms with Crippen LogP contribution in [0, 0.1) is 0 Å². The van der Waals surface area contributed by atoms with Crippen LogP contribution in [0.3, 0.4) is 0 Å². The second-order valence-electron chi connectivity index (χ2n) is 4.94. The van der Waals surface area contributed by atoms with E-state index in [1.54, 1.807) is 12.4 Å². The molecule has 5 heteroatoms. The Bertz CT molecular complexity index is 743. The van der Waals surface area contributed by atoms with E-state index in [4.69, 9.17) is 0 Å². The van der Waals surface area contributed by atoms with Gasteiger partial charge in [-0.2, -0.15) is 0 Å². The molecule has 104 valence electrons. The summed E-state index contributed by atoms with van der Waals surface area (Å²) >= 11 is 0. The Balaban J connectivity index is 0.000000170. The minimum atomic E-state index is -0.00523. The predicted molar refractivity (Wildman–Crippen MR) is 80.9 cm³/mol. The first-order valence-electron chi connectivity index (χ1n) is 7.00. The van der Waals surface area contributed by atoms with Gasteiger partial charge in [-0.15, -0.1) is 0 Å². The predicted octanol–water partition coefficient (Wildman–Crippen LogP) is 2.16. The first-order chi connectivity index (χ1) is 9.86. The number of hydrogen-bond donors (Lipinski definition) is 3. The number of nitrogens with one attached hydrogen (secondary N) is 3. The summed E-state index contributed by atoms with van der Waals surface area (Å²) in [7, 11) is 0. The van der Waals surface area contributed by atoms with Gasteiger partial charge in [-0.3, -0.25) is 4.79 Å². The van der Waals surface area contributed by atoms with Crippen LogP contribution in [-0.4, -0.2) is 28.0 Å². The van der Waals surface area contributed by atoms with Crippen molar-refractivity contribution in [1.29, 1.82) is 0 Å². The fraction of sp³-hybridized carbons (Fsp3) is 0.333. The van der Waals surface area contributed by atoms with Gasteiger partial charge in [-0.1, -0.05) is 6.42 Å². The molecular formula is C15H18N4O. The highest BCUT2D eigenvalue weighted by Crippen LogP contribution is 2.17. The van der Waals surface area contributed by atoms with Crippen molar-refractivity contribution >= 4 is 21.9 Å². The average molecular weight is 270 g/mol. The van der Waals surface area contributed by atoms with Gasteiger partial charge in [0.1, 0.15) is 5.65 Å². The maximum absolute atomic E-state index is 11.5. The molecule has 0 amide bonds. The molecule has 0 saturated carbocycles. The molecule has 0 bridgehead atoms. The van der Waals surface area contributed by atoms with Gasteiger partial charge in [0.25, 0.3) is 0 Å². The normalized spacial score (nSPS) is 15.0. The number of nitrogens with zero attached hydrogens (tertiary/aromatic N) is 1. The lowest BCUT2D eigenvalue weighted by Crippen LogP contribution is -2.21. The van der Waals surface area contributed by atoms with Gasteiger partial charge in [0, 0.05) is 30.0 Å². The van der Waals surface area contributed by atoms with Crippen LogP contribution < -0.4 is 10.7 Å². The third kappa shape index (κ3) is 2.58. The van der Waals surface area contributed by atoms with Crippen molar-refractivity contribution in [2.24, 2.45) is 0 Å². The van der Waals surface area contributed by atoms with Crippen LogP contribution in [0.4, 0.5) is 0 Å². The summed E-state index contributed by atoms with van der Waals surface area (Å²) in [6.07, 6.45) is 9.26. The molecule has 0 aliphatic carbocycles. The zero-order chi connectivity index (χ0) is 13.8. The van der Waals surface area contributed by atoms with Crippen molar-refractivity contribution in [2.45, 2.75) is 19.3 Å². The summed E-state index contributed by atoms with van der Waals surface area (Å²) in [5.74, 6) is 0. The Kier molecular flexibility index (Phi) is 3.78. The first-order valence-corrected chi connectivity index (χ1v) is 7.00. The van der Waals surface area contributed by atoms with E-state index in [1.165, 1.54) is 38.4 Å². The van der Waals surface area contributed by atoms with Crippen molar-refractivity contribution in [3.63, 3.8) is 0 Å². The Hall–Kier alpha value is -2.14. The van der Waals surface area contributed by atoms with Crippen molar-refractivity contribution < 1.29 is 0 Å². The van der Waals surface area contributed by atoms with Gasteiger partial charge in [-0.25, -0.2) is 4.98 Å². The number of aromatic amines is 2. The molecule has 3 aromatic heterocycles. The van der Waals surface area contributed by atoms with E-state index in [0.29, 0.717) is 5.39 Å². The van der Waals surface area contributed by atoms with Crippen molar-refractivity contribution in [2.75, 3.05) is 13.1 Å². The van der Waals surface area contributed by atoms with Gasteiger partial charge < -0.3 is 15.3 Å². The maximum Gasteiger partial charge on any atom is 0.190 e. The van der Waals surface area contributed by atoms with E-state index in [9.17, 15) is 4.79 Å². The highest BCUT2D eigenvalue weighted by molar-refractivity contribution is 6.01. The standard InChI is InChI=1S/C10H7N3O.C5H11N/c14-8-2-4-11-9-6-1-3-12-10(6)13-5-7(8)9;1-2-4-6-5-3-1/h1-5H,(H,11,14)(H,12,13);6H,1-5H2. The molecule has 3 N–H and O–H groups in total. The number of rotatable bonds is 0. The fourth-order valence-corrected chi connectivity index (χ4v) is 2.44. The van der Waals surface area contributed by atoms with Crippen LogP contribution in [0.5, 0.6) is 0 Å². The highest BCUT2D eigenvalue weighted by Gasteiger charge is 2.03. The molecular weight excluding hydrogens is 252 g/mol. The zero-order valence-electron chi connectivity index (χ0n) is 11.3. The van der Waals surface area contributed by atoms with Crippen molar-refractivity contribution in [3.8, 4) is 0 Å². The van der Waals surface area contributed by atoms with Crippen LogP contribution in [0.1, 0.15) is 19.3 Å². The molecule has 4 rings (SSSR count). The molecule has 0 aromatic carbocycles. The summed E-state index contributed by atoms with van der Waals surface area (Å²) in [5.41, 5.74) is 1.62. The number of aromatic nitrogens is 3. The minimum Gasteiger partial charge on any atom is -0.360 e. The molecule has 1 fully saturated rings. The fourth-order valence-electron chi connectivity index (χ4n) is 2.44. The van der Waals surface area contributed by atoms with E-state index < -0.39 is 0 Å². The van der Waals surface area contributed by atoms with Crippen LogP contribution in [-0.2, 0) is 0 Å². The van der Waals surface area contributed by atoms with E-state index in [0.717, 1.165) is 16.6 Å². The van der Waals surface area contributed by atoms with E-state index >= 15 is 0 Å². The van der Waals surface area contributed by atoms with Gasteiger partial charge in [0.05, 0.1) is 10.9 Å². The highest BCUT2D eigenvalue weighted by atomic mass is 16.1. The summed E-state index contributed by atoms with van der Waals surface area (Å²) in [6, 6.07) is 3.41. The quantitative estimate of drug-likeness (QED) is 0.586. The summed E-state index contributed by atoms with van der Waals surface area (Å²) in [6.45, 7) is 2.50. The van der Waals surface area contributed by atoms with Gasteiger partial charge in [0.2, 0.25) is 0 Å². The second kappa shape index (κ2) is 5.88. The van der Waals surface area contributed by atoms with Crippen LogP contribution in [0.15, 0.2) is 35.5 Å². The lowest BCUT2D eigenvalue weighted by Gasteiger charge is -2.08. The number of piperidine rings is 1. The van der Waals surface area contributed by atoms with Crippen LogP contribution in [0.25, 0.3) is 21.9 Å². The Morgan fingerprint density at radius 1 is 0.950 bits per heavy atom. The Morgan fingerprint density at radius 2 is 1.75 bits per heavy atom. The molecule has 1 saturated heterocycles. The molecule has 0 atom stereocenters. The molecule has 3 aromatic rings.